The summed E-state index contributed by atoms with van der Waals surface area (Å²) in [4.78, 5) is 55.8. The van der Waals surface area contributed by atoms with E-state index in [1.54, 1.807) is 30.9 Å². The van der Waals surface area contributed by atoms with Gasteiger partial charge in [0.2, 0.25) is 17.8 Å². The normalized spacial score (nSPS) is 25.9. The number of pyridine rings is 1. The second kappa shape index (κ2) is 16.2. The number of hydrogen-bond donors (Lipinski definition) is 1. The maximum Gasteiger partial charge on any atom is 0.249 e. The fourth-order valence-electron chi connectivity index (χ4n) is 7.01. The Morgan fingerprint density at radius 1 is 1.04 bits per heavy atom. The lowest BCUT2D eigenvalue weighted by molar-refractivity contribution is -0.186. The van der Waals surface area contributed by atoms with Gasteiger partial charge in [0.15, 0.2) is 5.82 Å². The van der Waals surface area contributed by atoms with Crippen LogP contribution in [-0.4, -0.2) is 101 Å². The van der Waals surface area contributed by atoms with Crippen molar-refractivity contribution in [1.82, 2.24) is 30.4 Å². The van der Waals surface area contributed by atoms with Gasteiger partial charge in [-0.15, -0.1) is 11.8 Å². The number of hydroxylamine groups is 4. The van der Waals surface area contributed by atoms with Gasteiger partial charge in [-0.2, -0.15) is 5.26 Å². The number of halogens is 1. The largest absolute Gasteiger partial charge is 0.341 e. The Morgan fingerprint density at radius 2 is 1.78 bits per heavy atom. The van der Waals surface area contributed by atoms with Crippen molar-refractivity contribution in [3.63, 3.8) is 0 Å². The molecule has 5 aliphatic rings. The third-order valence-electron chi connectivity index (χ3n) is 9.76. The number of carbonyl (C=O) groups is 2. The van der Waals surface area contributed by atoms with Crippen LogP contribution in [0.15, 0.2) is 52.9 Å². The zero-order valence-corrected chi connectivity index (χ0v) is 28.4. The summed E-state index contributed by atoms with van der Waals surface area (Å²) in [5, 5.41) is 16.2. The van der Waals surface area contributed by atoms with Crippen LogP contribution in [0, 0.1) is 34.4 Å². The average molecular weight is 692 g/mol. The van der Waals surface area contributed by atoms with E-state index in [1.807, 2.05) is 23.1 Å². The average Bonchev–Trinajstić information content (AvgIpc) is 3.87. The number of hydrogen-bond acceptors (Lipinski definition) is 12. The van der Waals surface area contributed by atoms with Crippen LogP contribution in [-0.2, 0) is 19.3 Å². The summed E-state index contributed by atoms with van der Waals surface area (Å²) in [6.45, 7) is 4.45. The molecule has 0 radical (unpaired) electrons. The van der Waals surface area contributed by atoms with Crippen LogP contribution in [0.4, 0.5) is 10.3 Å². The molecule has 4 fully saturated rings. The molecule has 2 aromatic heterocycles. The SMILES string of the molecule is CSc1nc(N2CCC(C(=O)N3OCC[C@H]3c3cccnc3)CC2)ncc1F.N#C[C@@]1(C2CCON2C(=O)C2CCNCC2)C=CC=NC1. The molecule has 0 bridgehead atoms. The molecule has 7 heterocycles. The number of aliphatic imine (C=N–C) groups is 1. The van der Waals surface area contributed by atoms with Gasteiger partial charge in [0, 0.05) is 50.0 Å². The predicted octanol–water partition coefficient (Wildman–Crippen LogP) is 3.52. The topological polar surface area (TPSA) is 149 Å². The number of nitrogens with zero attached hydrogens (tertiary/aromatic N) is 8. The van der Waals surface area contributed by atoms with Crippen LogP contribution in [0.1, 0.15) is 50.1 Å². The summed E-state index contributed by atoms with van der Waals surface area (Å²) in [6.07, 6.45) is 16.4. The lowest BCUT2D eigenvalue weighted by Crippen LogP contribution is -2.50. The summed E-state index contributed by atoms with van der Waals surface area (Å²) in [5.41, 5.74) is 0.239. The zero-order chi connectivity index (χ0) is 34.2. The monoisotopic (exact) mass is 691 g/mol. The van der Waals surface area contributed by atoms with Crippen LogP contribution in [0.25, 0.3) is 0 Å². The lowest BCUT2D eigenvalue weighted by atomic mass is 9.78. The summed E-state index contributed by atoms with van der Waals surface area (Å²) < 4.78 is 13.6. The second-order valence-electron chi connectivity index (χ2n) is 12.7. The number of thioether (sulfide) groups is 1. The van der Waals surface area contributed by atoms with Crippen molar-refractivity contribution >= 4 is 35.7 Å². The summed E-state index contributed by atoms with van der Waals surface area (Å²) in [6, 6.07) is 5.90. The second-order valence-corrected chi connectivity index (χ2v) is 13.5. The molecule has 0 saturated carbocycles. The Labute approximate surface area is 289 Å². The molecule has 0 aliphatic carbocycles. The molecule has 5 aliphatic heterocycles. The molecule has 1 N–H and O–H groups in total. The van der Waals surface area contributed by atoms with Crippen molar-refractivity contribution in [3.05, 3.63) is 54.3 Å². The first-order chi connectivity index (χ1) is 23.9. The van der Waals surface area contributed by atoms with Crippen molar-refractivity contribution < 1.29 is 23.7 Å². The Hall–Kier alpha value is -3.97. The highest BCUT2D eigenvalue weighted by Gasteiger charge is 2.48. The molecule has 2 amide bonds. The molecule has 49 heavy (non-hydrogen) atoms. The van der Waals surface area contributed by atoms with Gasteiger partial charge in [0.25, 0.3) is 0 Å². The highest BCUT2D eigenvalue weighted by molar-refractivity contribution is 7.98. The fourth-order valence-corrected chi connectivity index (χ4v) is 7.43. The molecule has 260 valence electrons. The number of anilines is 1. The Kier molecular flexibility index (Phi) is 11.5. The number of aromatic nitrogens is 3. The van der Waals surface area contributed by atoms with E-state index in [0.29, 0.717) is 63.1 Å². The third-order valence-corrected chi connectivity index (χ3v) is 10.4. The summed E-state index contributed by atoms with van der Waals surface area (Å²) >= 11 is 1.26. The number of rotatable bonds is 6. The molecular formula is C34H42FN9O4S. The third kappa shape index (κ3) is 7.77. The number of nitriles is 1. The molecule has 7 rings (SSSR count). The predicted molar refractivity (Wildman–Crippen MR) is 180 cm³/mol. The Morgan fingerprint density at radius 3 is 2.47 bits per heavy atom. The van der Waals surface area contributed by atoms with Gasteiger partial charge in [0.1, 0.15) is 10.4 Å². The molecule has 13 nitrogen and oxygen atoms in total. The van der Waals surface area contributed by atoms with E-state index in [9.17, 15) is 19.2 Å². The maximum atomic E-state index is 13.6. The number of piperidine rings is 2. The first-order valence-corrected chi connectivity index (χ1v) is 18.1. The summed E-state index contributed by atoms with van der Waals surface area (Å²) in [5.74, 6) is 0.0521. The van der Waals surface area contributed by atoms with Gasteiger partial charge in [-0.05, 0) is 69.2 Å². The van der Waals surface area contributed by atoms with E-state index in [4.69, 9.17) is 9.68 Å². The van der Waals surface area contributed by atoms with Gasteiger partial charge in [-0.25, -0.2) is 24.5 Å². The van der Waals surface area contributed by atoms with E-state index >= 15 is 0 Å². The molecule has 2 aromatic rings. The van der Waals surface area contributed by atoms with Gasteiger partial charge in [-0.3, -0.25) is 29.2 Å². The van der Waals surface area contributed by atoms with Crippen LogP contribution in [0.3, 0.4) is 0 Å². The van der Waals surface area contributed by atoms with Crippen LogP contribution < -0.4 is 10.2 Å². The molecule has 3 atom stereocenters. The fraction of sp³-hybridized carbons (Fsp3) is 0.559. The number of nitrogens with one attached hydrogen (secondary N) is 1. The van der Waals surface area contributed by atoms with Crippen molar-refractivity contribution in [2.24, 2.45) is 22.2 Å². The van der Waals surface area contributed by atoms with Crippen molar-refractivity contribution in [3.8, 4) is 6.07 Å². The van der Waals surface area contributed by atoms with E-state index in [-0.39, 0.29) is 35.7 Å². The van der Waals surface area contributed by atoms with Crippen LogP contribution in [0.5, 0.6) is 0 Å². The molecule has 4 saturated heterocycles. The highest BCUT2D eigenvalue weighted by Crippen LogP contribution is 2.37. The zero-order valence-electron chi connectivity index (χ0n) is 27.6. The smallest absolute Gasteiger partial charge is 0.249 e. The molecule has 1 unspecified atom stereocenters. The minimum Gasteiger partial charge on any atom is -0.341 e. The standard InChI is InChI=1S/C19H22FN5O2S.C15H20N4O2/c1-28-17-15(20)12-22-19(23-17)24-8-4-13(5-9-24)18(26)25-16(6-10-27-25)14-3-2-7-21-11-14;16-10-15(5-1-6-18-11-15)13-4-9-21-19(13)14(20)12-2-7-17-8-3-12/h2-3,7,11-13,16H,4-6,8-10H2,1H3;1,5-6,12-13,17H,2-4,7-9,11H2/t16-;13?,15-/m00/s1. The van der Waals surface area contributed by atoms with E-state index in [2.05, 4.69) is 31.3 Å². The molecule has 15 heteroatoms. The highest BCUT2D eigenvalue weighted by atomic mass is 32.2. The number of allylic oxidation sites excluding steroid dienone is 1. The number of carbonyl (C=O) groups excluding carboxylic acids is 2. The van der Waals surface area contributed by atoms with Crippen molar-refractivity contribution in [2.45, 2.75) is 55.6 Å². The molecular weight excluding hydrogens is 649 g/mol. The minimum atomic E-state index is -0.756. The maximum absolute atomic E-state index is 13.6. The Bertz CT molecular complexity index is 1560. The first-order valence-electron chi connectivity index (χ1n) is 16.9. The van der Waals surface area contributed by atoms with E-state index < -0.39 is 11.2 Å². The van der Waals surface area contributed by atoms with Crippen molar-refractivity contribution in [2.75, 3.05) is 57.1 Å². The van der Waals surface area contributed by atoms with Gasteiger partial charge < -0.3 is 10.2 Å². The Balaban J connectivity index is 0.000000177. The van der Waals surface area contributed by atoms with Gasteiger partial charge in [0.05, 0.1) is 44.1 Å². The first kappa shape index (κ1) is 34.9. The quantitative estimate of drug-likeness (QED) is 0.350. The summed E-state index contributed by atoms with van der Waals surface area (Å²) in [7, 11) is 0. The lowest BCUT2D eigenvalue weighted by Gasteiger charge is -2.36. The van der Waals surface area contributed by atoms with Crippen LogP contribution in [0.2, 0.25) is 0 Å². The van der Waals surface area contributed by atoms with E-state index in [0.717, 1.165) is 37.9 Å². The number of amides is 2. The minimum absolute atomic E-state index is 0.00124. The van der Waals surface area contributed by atoms with Gasteiger partial charge in [-0.1, -0.05) is 12.1 Å². The van der Waals surface area contributed by atoms with E-state index in [1.165, 1.54) is 28.1 Å². The van der Waals surface area contributed by atoms with Gasteiger partial charge >= 0.3 is 0 Å². The molecule has 0 aromatic carbocycles. The molecule has 0 spiro atoms. The van der Waals surface area contributed by atoms with Crippen molar-refractivity contribution in [1.29, 1.82) is 5.26 Å². The van der Waals surface area contributed by atoms with Crippen LogP contribution >= 0.6 is 11.8 Å². The number of dihydropyridines is 1.